The van der Waals surface area contributed by atoms with E-state index >= 15 is 0 Å². The molecule has 4 rings (SSSR count). The summed E-state index contributed by atoms with van der Waals surface area (Å²) in [6.45, 7) is 10.7. The number of fused-ring (bicyclic) bond motifs is 3. The summed E-state index contributed by atoms with van der Waals surface area (Å²) in [6.07, 6.45) is 6.45. The van der Waals surface area contributed by atoms with E-state index in [1.165, 1.54) is 61.8 Å². The number of hydrogen-bond acceptors (Lipinski definition) is 1. The van der Waals surface area contributed by atoms with Crippen LogP contribution in [0.25, 0.3) is 10.9 Å². The van der Waals surface area contributed by atoms with Crippen LogP contribution in [0.1, 0.15) is 57.7 Å². The molecule has 128 valence electrons. The lowest BCUT2D eigenvalue weighted by atomic mass is 9.71. The smallest absolute Gasteiger partial charge is 0.0459 e. The zero-order valence-electron chi connectivity index (χ0n) is 15.4. The van der Waals surface area contributed by atoms with Crippen LogP contribution >= 0.6 is 0 Å². The number of nitrogens with zero attached hydrogens (tertiary/aromatic N) is 1. The van der Waals surface area contributed by atoms with Crippen molar-refractivity contribution in [1.82, 2.24) is 9.88 Å². The van der Waals surface area contributed by atoms with Crippen molar-refractivity contribution in [3.05, 3.63) is 46.7 Å². The number of para-hydroxylation sites is 1. The molecule has 0 atom stereocenters. The number of nitrogens with one attached hydrogen (secondary N) is 1. The van der Waals surface area contributed by atoms with Gasteiger partial charge in [0.25, 0.3) is 0 Å². The van der Waals surface area contributed by atoms with E-state index in [1.807, 2.05) is 0 Å². The van der Waals surface area contributed by atoms with Crippen LogP contribution in [0, 0.1) is 5.41 Å². The second-order valence-electron chi connectivity index (χ2n) is 8.40. The van der Waals surface area contributed by atoms with Crippen molar-refractivity contribution >= 4 is 10.9 Å². The fraction of sp³-hybridized carbons (Fsp3) is 0.545. The minimum atomic E-state index is 0.407. The van der Waals surface area contributed by atoms with Gasteiger partial charge in [-0.25, -0.2) is 0 Å². The van der Waals surface area contributed by atoms with Crippen molar-refractivity contribution in [2.24, 2.45) is 5.41 Å². The Balaban J connectivity index is 1.48. The topological polar surface area (TPSA) is 19.0 Å². The molecule has 0 spiro atoms. The first-order chi connectivity index (χ1) is 11.5. The van der Waals surface area contributed by atoms with Crippen molar-refractivity contribution in [3.63, 3.8) is 0 Å². The average Bonchev–Trinajstić information content (AvgIpc) is 2.91. The Kier molecular flexibility index (Phi) is 4.04. The van der Waals surface area contributed by atoms with Gasteiger partial charge < -0.3 is 4.98 Å². The number of benzene rings is 1. The highest BCUT2D eigenvalue weighted by Crippen LogP contribution is 2.42. The minimum absolute atomic E-state index is 0.407. The molecule has 2 heterocycles. The van der Waals surface area contributed by atoms with Gasteiger partial charge in [0.05, 0.1) is 0 Å². The summed E-state index contributed by atoms with van der Waals surface area (Å²) in [7, 11) is 0. The van der Waals surface area contributed by atoms with Gasteiger partial charge >= 0.3 is 0 Å². The van der Waals surface area contributed by atoms with Gasteiger partial charge in [0, 0.05) is 36.2 Å². The number of aromatic nitrogens is 1. The van der Waals surface area contributed by atoms with E-state index in [1.54, 1.807) is 16.7 Å². The Morgan fingerprint density at radius 1 is 1.17 bits per heavy atom. The predicted molar refractivity (Wildman–Crippen MR) is 102 cm³/mol. The Labute approximate surface area is 145 Å². The summed E-state index contributed by atoms with van der Waals surface area (Å²) >= 11 is 0. The molecule has 0 saturated carbocycles. The van der Waals surface area contributed by atoms with Crippen LogP contribution in [-0.4, -0.2) is 23.0 Å². The van der Waals surface area contributed by atoms with Crippen LogP contribution in [0.5, 0.6) is 0 Å². The summed E-state index contributed by atoms with van der Waals surface area (Å²) in [5, 5.41) is 1.43. The maximum atomic E-state index is 3.66. The van der Waals surface area contributed by atoms with E-state index in [0.717, 1.165) is 6.54 Å². The standard InChI is InChI=1S/C22H30N2/c1-16-7-6-12-22(2,3)19(16)11-14-24-13-10-18-17-8-4-5-9-20(17)23-21(18)15-24/h4-5,8-9,23H,6-7,10-15H2,1-3H3. The molecule has 1 aromatic carbocycles. The number of hydrogen-bond donors (Lipinski definition) is 1. The average molecular weight is 322 g/mol. The molecular formula is C22H30N2. The van der Waals surface area contributed by atoms with Crippen LogP contribution in [0.4, 0.5) is 0 Å². The van der Waals surface area contributed by atoms with Gasteiger partial charge in [0.15, 0.2) is 0 Å². The monoisotopic (exact) mass is 322 g/mol. The zero-order chi connectivity index (χ0) is 16.7. The number of rotatable bonds is 3. The molecule has 2 aromatic rings. The van der Waals surface area contributed by atoms with Gasteiger partial charge in [-0.05, 0) is 56.1 Å². The van der Waals surface area contributed by atoms with Gasteiger partial charge in [0.1, 0.15) is 0 Å². The third kappa shape index (κ3) is 2.82. The van der Waals surface area contributed by atoms with Crippen molar-refractivity contribution in [3.8, 4) is 0 Å². The van der Waals surface area contributed by atoms with Gasteiger partial charge in [-0.2, -0.15) is 0 Å². The fourth-order valence-electron chi connectivity index (χ4n) is 4.94. The van der Waals surface area contributed by atoms with Gasteiger partial charge in [-0.1, -0.05) is 43.2 Å². The molecule has 0 radical (unpaired) electrons. The highest BCUT2D eigenvalue weighted by Gasteiger charge is 2.29. The number of aromatic amines is 1. The van der Waals surface area contributed by atoms with Crippen molar-refractivity contribution in [1.29, 1.82) is 0 Å². The van der Waals surface area contributed by atoms with E-state index in [9.17, 15) is 0 Å². The minimum Gasteiger partial charge on any atom is -0.357 e. The first-order valence-corrected chi connectivity index (χ1v) is 9.54. The normalized spacial score (nSPS) is 21.3. The largest absolute Gasteiger partial charge is 0.357 e. The van der Waals surface area contributed by atoms with E-state index in [-0.39, 0.29) is 0 Å². The third-order valence-corrected chi connectivity index (χ3v) is 6.33. The number of allylic oxidation sites excluding steroid dienone is 1. The van der Waals surface area contributed by atoms with Crippen LogP contribution in [-0.2, 0) is 13.0 Å². The molecule has 0 fully saturated rings. The lowest BCUT2D eigenvalue weighted by Crippen LogP contribution is -2.33. The van der Waals surface area contributed by atoms with Gasteiger partial charge in [0.2, 0.25) is 0 Å². The molecule has 1 N–H and O–H groups in total. The van der Waals surface area contributed by atoms with Crippen molar-refractivity contribution in [2.75, 3.05) is 13.1 Å². The van der Waals surface area contributed by atoms with E-state index in [4.69, 9.17) is 0 Å². The molecule has 0 saturated heterocycles. The first kappa shape index (κ1) is 16.0. The maximum absolute atomic E-state index is 3.66. The molecule has 1 aliphatic carbocycles. The van der Waals surface area contributed by atoms with Crippen molar-refractivity contribution in [2.45, 2.75) is 59.4 Å². The van der Waals surface area contributed by atoms with E-state index < -0.39 is 0 Å². The highest BCUT2D eigenvalue weighted by atomic mass is 15.1. The van der Waals surface area contributed by atoms with E-state index in [0.29, 0.717) is 5.41 Å². The molecule has 2 nitrogen and oxygen atoms in total. The fourth-order valence-corrected chi connectivity index (χ4v) is 4.94. The molecule has 0 unspecified atom stereocenters. The van der Waals surface area contributed by atoms with Crippen LogP contribution in [0.2, 0.25) is 0 Å². The predicted octanol–water partition coefficient (Wildman–Crippen LogP) is 5.44. The summed E-state index contributed by atoms with van der Waals surface area (Å²) in [6, 6.07) is 8.75. The van der Waals surface area contributed by atoms with E-state index in [2.05, 4.69) is 54.9 Å². The first-order valence-electron chi connectivity index (χ1n) is 9.54. The summed E-state index contributed by atoms with van der Waals surface area (Å²) in [5.74, 6) is 0. The Hall–Kier alpha value is -1.54. The Bertz CT molecular complexity index is 778. The summed E-state index contributed by atoms with van der Waals surface area (Å²) in [4.78, 5) is 6.30. The molecule has 1 aliphatic heterocycles. The Morgan fingerprint density at radius 3 is 2.83 bits per heavy atom. The molecule has 0 amide bonds. The molecular weight excluding hydrogens is 292 g/mol. The third-order valence-electron chi connectivity index (χ3n) is 6.33. The number of H-pyrrole nitrogens is 1. The van der Waals surface area contributed by atoms with Gasteiger partial charge in [-0.3, -0.25) is 4.90 Å². The van der Waals surface area contributed by atoms with Gasteiger partial charge in [-0.15, -0.1) is 0 Å². The molecule has 24 heavy (non-hydrogen) atoms. The summed E-state index contributed by atoms with van der Waals surface area (Å²) < 4.78 is 0. The van der Waals surface area contributed by atoms with Crippen LogP contribution in [0.3, 0.4) is 0 Å². The molecule has 2 heteroatoms. The van der Waals surface area contributed by atoms with Crippen LogP contribution < -0.4 is 0 Å². The second kappa shape index (κ2) is 6.07. The van der Waals surface area contributed by atoms with Crippen molar-refractivity contribution < 1.29 is 0 Å². The lowest BCUT2D eigenvalue weighted by molar-refractivity contribution is 0.243. The SMILES string of the molecule is CC1=C(CCN2CCc3c([nH]c4ccccc34)C2)C(C)(C)CCC1. The summed E-state index contributed by atoms with van der Waals surface area (Å²) in [5.41, 5.74) is 8.10. The quantitative estimate of drug-likeness (QED) is 0.745. The molecule has 1 aromatic heterocycles. The van der Waals surface area contributed by atoms with Crippen LogP contribution in [0.15, 0.2) is 35.4 Å². The lowest BCUT2D eigenvalue weighted by Gasteiger charge is -2.36. The highest BCUT2D eigenvalue weighted by molar-refractivity contribution is 5.84. The molecule has 2 aliphatic rings. The second-order valence-corrected chi connectivity index (χ2v) is 8.40. The Morgan fingerprint density at radius 2 is 2.00 bits per heavy atom. The zero-order valence-corrected chi connectivity index (χ0v) is 15.4. The molecule has 0 bridgehead atoms. The maximum Gasteiger partial charge on any atom is 0.0459 e.